The fourth-order valence-electron chi connectivity index (χ4n) is 2.33. The molecule has 1 atom stereocenters. The highest BCUT2D eigenvalue weighted by molar-refractivity contribution is 6.35. The second-order valence-electron chi connectivity index (χ2n) is 5.31. The summed E-state index contributed by atoms with van der Waals surface area (Å²) in [6, 6.07) is 12.1. The number of halogens is 2. The zero-order chi connectivity index (χ0) is 17.1. The largest absolute Gasteiger partial charge is 0.478 e. The fraction of sp³-hybridized carbons (Fsp3) is 0.176. The number of carbonyl (C=O) groups excluding carboxylic acids is 2. The van der Waals surface area contributed by atoms with Gasteiger partial charge in [-0.2, -0.15) is 0 Å². The zero-order valence-electron chi connectivity index (χ0n) is 12.5. The second-order valence-corrected chi connectivity index (χ2v) is 6.15. The van der Waals surface area contributed by atoms with Gasteiger partial charge in [-0.1, -0.05) is 41.4 Å². The van der Waals surface area contributed by atoms with Gasteiger partial charge in [-0.15, -0.1) is 0 Å². The van der Waals surface area contributed by atoms with Crippen molar-refractivity contribution >= 4 is 40.7 Å². The first kappa shape index (κ1) is 16.6. The Morgan fingerprint density at radius 1 is 1.21 bits per heavy atom. The molecule has 2 aromatic rings. The van der Waals surface area contributed by atoms with Crippen LogP contribution in [0.2, 0.25) is 10.0 Å². The Bertz CT molecular complexity index is 795. The number of rotatable bonds is 4. The van der Waals surface area contributed by atoms with E-state index in [-0.39, 0.29) is 24.8 Å². The van der Waals surface area contributed by atoms with E-state index in [1.54, 1.807) is 42.5 Å². The third-order valence-corrected chi connectivity index (χ3v) is 4.16. The van der Waals surface area contributed by atoms with E-state index in [0.717, 1.165) is 5.56 Å². The molecule has 7 heteroatoms. The monoisotopic (exact) mass is 364 g/mol. The number of carbonyl (C=O) groups is 2. The van der Waals surface area contributed by atoms with Gasteiger partial charge in [0.25, 0.3) is 5.91 Å². The van der Waals surface area contributed by atoms with Gasteiger partial charge >= 0.3 is 0 Å². The molecule has 5 nitrogen and oxygen atoms in total. The minimum absolute atomic E-state index is 0.0780. The Morgan fingerprint density at radius 2 is 2.00 bits per heavy atom. The molecular weight excluding hydrogens is 351 g/mol. The number of ether oxygens (including phenoxy) is 1. The molecule has 0 unspecified atom stereocenters. The SMILES string of the molecule is O=C(C[C@H]1Oc2ccccc2NC1=O)NCc1ccc(Cl)cc1Cl. The summed E-state index contributed by atoms with van der Waals surface area (Å²) >= 11 is 11.9. The van der Waals surface area contributed by atoms with E-state index >= 15 is 0 Å². The predicted molar refractivity (Wildman–Crippen MR) is 92.4 cm³/mol. The minimum Gasteiger partial charge on any atom is -0.478 e. The van der Waals surface area contributed by atoms with Crippen LogP contribution < -0.4 is 15.4 Å². The smallest absolute Gasteiger partial charge is 0.266 e. The summed E-state index contributed by atoms with van der Waals surface area (Å²) in [6.07, 6.45) is -0.939. The number of nitrogens with one attached hydrogen (secondary N) is 2. The van der Waals surface area contributed by atoms with E-state index in [1.807, 2.05) is 0 Å². The van der Waals surface area contributed by atoms with Gasteiger partial charge in [0.1, 0.15) is 5.75 Å². The topological polar surface area (TPSA) is 67.4 Å². The first-order chi connectivity index (χ1) is 11.5. The fourth-order valence-corrected chi connectivity index (χ4v) is 2.80. The van der Waals surface area contributed by atoms with Crippen LogP contribution in [0, 0.1) is 0 Å². The van der Waals surface area contributed by atoms with Crippen molar-refractivity contribution in [3.05, 3.63) is 58.1 Å². The molecular formula is C17H14Cl2N2O3. The standard InChI is InChI=1S/C17H14Cl2N2O3/c18-11-6-5-10(12(19)7-11)9-20-16(22)8-15-17(23)21-13-3-1-2-4-14(13)24-15/h1-7,15H,8-9H2,(H,20,22)(H,21,23)/t15-/m1/s1. The third kappa shape index (κ3) is 3.80. The molecule has 0 radical (unpaired) electrons. The molecule has 1 aliphatic rings. The average Bonchev–Trinajstić information content (AvgIpc) is 2.55. The van der Waals surface area contributed by atoms with Gasteiger partial charge in [-0.3, -0.25) is 9.59 Å². The lowest BCUT2D eigenvalue weighted by Crippen LogP contribution is -2.40. The molecule has 1 heterocycles. The van der Waals surface area contributed by atoms with Crippen LogP contribution in [0.25, 0.3) is 0 Å². The second kappa shape index (κ2) is 7.11. The molecule has 124 valence electrons. The van der Waals surface area contributed by atoms with Crippen molar-refractivity contribution in [1.29, 1.82) is 0 Å². The number of fused-ring (bicyclic) bond motifs is 1. The molecule has 0 aromatic heterocycles. The van der Waals surface area contributed by atoms with Crippen molar-refractivity contribution in [2.24, 2.45) is 0 Å². The maximum atomic E-state index is 12.1. The first-order valence-electron chi connectivity index (χ1n) is 7.30. The van der Waals surface area contributed by atoms with Crippen molar-refractivity contribution in [2.75, 3.05) is 5.32 Å². The summed E-state index contributed by atoms with van der Waals surface area (Å²) in [4.78, 5) is 24.1. The van der Waals surface area contributed by atoms with Crippen LogP contribution in [-0.4, -0.2) is 17.9 Å². The van der Waals surface area contributed by atoms with Gasteiger partial charge in [0, 0.05) is 16.6 Å². The zero-order valence-corrected chi connectivity index (χ0v) is 14.0. The Morgan fingerprint density at radius 3 is 2.79 bits per heavy atom. The van der Waals surface area contributed by atoms with Crippen molar-refractivity contribution in [1.82, 2.24) is 5.32 Å². The number of hydrogen-bond acceptors (Lipinski definition) is 3. The summed E-state index contributed by atoms with van der Waals surface area (Å²) in [7, 11) is 0. The number of benzene rings is 2. The summed E-state index contributed by atoms with van der Waals surface area (Å²) in [5.74, 6) is -0.0930. The lowest BCUT2D eigenvalue weighted by atomic mass is 10.1. The average molecular weight is 365 g/mol. The molecule has 0 saturated carbocycles. The normalized spacial score (nSPS) is 15.9. The quantitative estimate of drug-likeness (QED) is 0.873. The number of hydrogen-bond donors (Lipinski definition) is 2. The maximum absolute atomic E-state index is 12.1. The van der Waals surface area contributed by atoms with Gasteiger partial charge in [-0.05, 0) is 29.8 Å². The van der Waals surface area contributed by atoms with E-state index in [2.05, 4.69) is 10.6 Å². The molecule has 24 heavy (non-hydrogen) atoms. The summed E-state index contributed by atoms with van der Waals surface area (Å²) in [5, 5.41) is 6.45. The van der Waals surface area contributed by atoms with Gasteiger partial charge in [0.2, 0.25) is 5.91 Å². The van der Waals surface area contributed by atoms with Crippen LogP contribution in [0.5, 0.6) is 5.75 Å². The lowest BCUT2D eigenvalue weighted by molar-refractivity contribution is -0.130. The summed E-state index contributed by atoms with van der Waals surface area (Å²) < 4.78 is 5.59. The summed E-state index contributed by atoms with van der Waals surface area (Å²) in [6.45, 7) is 0.250. The molecule has 2 N–H and O–H groups in total. The van der Waals surface area contributed by atoms with Crippen LogP contribution in [-0.2, 0) is 16.1 Å². The molecule has 2 aromatic carbocycles. The third-order valence-electron chi connectivity index (χ3n) is 3.57. The van der Waals surface area contributed by atoms with E-state index in [1.165, 1.54) is 0 Å². The van der Waals surface area contributed by atoms with Crippen LogP contribution in [0.1, 0.15) is 12.0 Å². The minimum atomic E-state index is -0.861. The van der Waals surface area contributed by atoms with Gasteiger partial charge in [-0.25, -0.2) is 0 Å². The van der Waals surface area contributed by atoms with E-state index in [0.29, 0.717) is 21.5 Å². The van der Waals surface area contributed by atoms with Gasteiger partial charge in [0.15, 0.2) is 6.10 Å². The molecule has 0 fully saturated rings. The summed E-state index contributed by atoms with van der Waals surface area (Å²) in [5.41, 5.74) is 1.35. The molecule has 0 bridgehead atoms. The highest BCUT2D eigenvalue weighted by Crippen LogP contribution is 2.29. The van der Waals surface area contributed by atoms with Crippen LogP contribution >= 0.6 is 23.2 Å². The van der Waals surface area contributed by atoms with Crippen molar-refractivity contribution in [3.8, 4) is 5.75 Å². The lowest BCUT2D eigenvalue weighted by Gasteiger charge is -2.25. The van der Waals surface area contributed by atoms with Crippen molar-refractivity contribution < 1.29 is 14.3 Å². The molecule has 0 saturated heterocycles. The van der Waals surface area contributed by atoms with Gasteiger partial charge in [0.05, 0.1) is 12.1 Å². The molecule has 0 aliphatic carbocycles. The molecule has 1 aliphatic heterocycles. The van der Waals surface area contributed by atoms with E-state index in [9.17, 15) is 9.59 Å². The van der Waals surface area contributed by atoms with Crippen LogP contribution in [0.4, 0.5) is 5.69 Å². The number of para-hydroxylation sites is 2. The number of anilines is 1. The predicted octanol–water partition coefficient (Wildman–Crippen LogP) is 3.40. The Hall–Kier alpha value is -2.24. The van der Waals surface area contributed by atoms with Gasteiger partial charge < -0.3 is 15.4 Å². The maximum Gasteiger partial charge on any atom is 0.266 e. The molecule has 0 spiro atoms. The Kier molecular flexibility index (Phi) is 4.92. The Balaban J connectivity index is 1.58. The van der Waals surface area contributed by atoms with Crippen LogP contribution in [0.3, 0.4) is 0 Å². The highest BCUT2D eigenvalue weighted by atomic mass is 35.5. The highest BCUT2D eigenvalue weighted by Gasteiger charge is 2.29. The first-order valence-corrected chi connectivity index (χ1v) is 8.05. The number of amides is 2. The molecule has 2 amide bonds. The Labute approximate surface area is 148 Å². The van der Waals surface area contributed by atoms with E-state index in [4.69, 9.17) is 27.9 Å². The van der Waals surface area contributed by atoms with Crippen LogP contribution in [0.15, 0.2) is 42.5 Å². The van der Waals surface area contributed by atoms with Crippen molar-refractivity contribution in [2.45, 2.75) is 19.1 Å². The molecule has 3 rings (SSSR count). The van der Waals surface area contributed by atoms with E-state index < -0.39 is 6.10 Å². The van der Waals surface area contributed by atoms with Crippen molar-refractivity contribution in [3.63, 3.8) is 0 Å².